The molecule has 2 saturated carbocycles. The largest absolute Gasteiger partial charge is 0.469 e. The Bertz CT molecular complexity index is 868. The zero-order valence-electron chi connectivity index (χ0n) is 18.1. The van der Waals surface area contributed by atoms with Gasteiger partial charge in [0.15, 0.2) is 5.96 Å². The summed E-state index contributed by atoms with van der Waals surface area (Å²) in [5.41, 5.74) is 1.83. The van der Waals surface area contributed by atoms with Crippen molar-refractivity contribution in [1.82, 2.24) is 16.0 Å². The highest BCUT2D eigenvalue weighted by Crippen LogP contribution is 2.44. The van der Waals surface area contributed by atoms with Crippen molar-refractivity contribution < 1.29 is 9.21 Å². The Balaban J connectivity index is 0.00000272. The predicted octanol–water partition coefficient (Wildman–Crippen LogP) is 3.77. The van der Waals surface area contributed by atoms with Crippen molar-refractivity contribution in [2.24, 2.45) is 16.8 Å². The van der Waals surface area contributed by atoms with E-state index in [2.05, 4.69) is 22.0 Å². The van der Waals surface area contributed by atoms with Crippen molar-refractivity contribution in [3.8, 4) is 0 Å². The lowest BCUT2D eigenvalue weighted by atomic mass is 9.95. The molecule has 2 aliphatic carbocycles. The molecule has 31 heavy (non-hydrogen) atoms. The van der Waals surface area contributed by atoms with Crippen molar-refractivity contribution in [3.05, 3.63) is 59.5 Å². The third-order valence-electron chi connectivity index (χ3n) is 6.39. The first-order valence-corrected chi connectivity index (χ1v) is 11.1. The summed E-state index contributed by atoms with van der Waals surface area (Å²) in [7, 11) is 1.66. The van der Waals surface area contributed by atoms with Crippen LogP contribution in [0.2, 0.25) is 0 Å². The molecule has 3 unspecified atom stereocenters. The van der Waals surface area contributed by atoms with Gasteiger partial charge >= 0.3 is 0 Å². The Kier molecular flexibility index (Phi) is 8.80. The van der Waals surface area contributed by atoms with Gasteiger partial charge in [0.1, 0.15) is 5.76 Å². The third kappa shape index (κ3) is 6.48. The fourth-order valence-electron chi connectivity index (χ4n) is 4.82. The van der Waals surface area contributed by atoms with Crippen LogP contribution in [0.15, 0.2) is 52.1 Å². The molecular weight excluding hydrogens is 503 g/mol. The highest BCUT2D eigenvalue weighted by Gasteiger charge is 2.39. The number of furan rings is 1. The van der Waals surface area contributed by atoms with E-state index in [0.717, 1.165) is 48.5 Å². The number of guanidine groups is 1. The van der Waals surface area contributed by atoms with Gasteiger partial charge in [0.05, 0.1) is 6.26 Å². The Hall–Kier alpha value is -2.03. The Morgan fingerprint density at radius 1 is 1.16 bits per heavy atom. The summed E-state index contributed by atoms with van der Waals surface area (Å²) in [5.74, 6) is 3.48. The molecule has 1 aromatic carbocycles. The average Bonchev–Trinajstić information content (AvgIpc) is 3.52. The van der Waals surface area contributed by atoms with Crippen LogP contribution in [0.1, 0.15) is 47.4 Å². The average molecular weight is 536 g/mol. The smallest absolute Gasteiger partial charge is 0.251 e. The van der Waals surface area contributed by atoms with E-state index in [1.807, 2.05) is 30.3 Å². The molecule has 2 aromatic rings. The molecule has 0 spiro atoms. The quantitative estimate of drug-likeness (QED) is 0.273. The van der Waals surface area contributed by atoms with Gasteiger partial charge < -0.3 is 20.4 Å². The van der Waals surface area contributed by atoms with Crippen molar-refractivity contribution in [2.75, 3.05) is 20.1 Å². The second-order valence-electron chi connectivity index (χ2n) is 8.44. The number of nitrogens with one attached hydrogen (secondary N) is 3. The van der Waals surface area contributed by atoms with Crippen LogP contribution < -0.4 is 16.0 Å². The summed E-state index contributed by atoms with van der Waals surface area (Å²) in [6, 6.07) is 12.2. The predicted molar refractivity (Wildman–Crippen MR) is 134 cm³/mol. The molecule has 0 radical (unpaired) electrons. The maximum absolute atomic E-state index is 11.9. The van der Waals surface area contributed by atoms with Crippen LogP contribution in [0.3, 0.4) is 0 Å². The SMILES string of the molecule is CNC(=O)c1cccc(CCNC(=NCCc2ccco2)NC2CC3CCC2C3)c1.I. The van der Waals surface area contributed by atoms with Gasteiger partial charge in [0.2, 0.25) is 0 Å². The number of amides is 1. The summed E-state index contributed by atoms with van der Waals surface area (Å²) < 4.78 is 5.42. The first kappa shape index (κ1) is 23.6. The summed E-state index contributed by atoms with van der Waals surface area (Å²) in [4.78, 5) is 16.7. The highest BCUT2D eigenvalue weighted by molar-refractivity contribution is 14.0. The van der Waals surface area contributed by atoms with Gasteiger partial charge in [0.25, 0.3) is 5.91 Å². The number of rotatable bonds is 8. The molecule has 168 valence electrons. The topological polar surface area (TPSA) is 78.7 Å². The Labute approximate surface area is 201 Å². The number of fused-ring (bicyclic) bond motifs is 2. The fourth-order valence-corrected chi connectivity index (χ4v) is 4.82. The van der Waals surface area contributed by atoms with Crippen LogP contribution in [-0.2, 0) is 12.8 Å². The van der Waals surface area contributed by atoms with E-state index >= 15 is 0 Å². The van der Waals surface area contributed by atoms with E-state index in [-0.39, 0.29) is 29.9 Å². The van der Waals surface area contributed by atoms with E-state index in [1.165, 1.54) is 25.7 Å². The zero-order chi connectivity index (χ0) is 20.8. The lowest BCUT2D eigenvalue weighted by molar-refractivity contribution is 0.0963. The van der Waals surface area contributed by atoms with Crippen molar-refractivity contribution >= 4 is 35.8 Å². The number of benzene rings is 1. The molecule has 4 rings (SSSR count). The molecule has 0 aliphatic heterocycles. The van der Waals surface area contributed by atoms with Crippen molar-refractivity contribution in [3.63, 3.8) is 0 Å². The van der Waals surface area contributed by atoms with Crippen LogP contribution in [-0.4, -0.2) is 38.0 Å². The second kappa shape index (κ2) is 11.5. The molecular formula is C24H33IN4O2. The number of carbonyl (C=O) groups excluding carboxylic acids is 1. The highest BCUT2D eigenvalue weighted by atomic mass is 127. The van der Waals surface area contributed by atoms with Gasteiger partial charge in [-0.25, -0.2) is 0 Å². The summed E-state index contributed by atoms with van der Waals surface area (Å²) in [6.45, 7) is 1.46. The van der Waals surface area contributed by atoms with E-state index in [1.54, 1.807) is 13.3 Å². The lowest BCUT2D eigenvalue weighted by Crippen LogP contribution is -2.46. The van der Waals surface area contributed by atoms with E-state index in [9.17, 15) is 4.79 Å². The first-order valence-electron chi connectivity index (χ1n) is 11.1. The Morgan fingerprint density at radius 3 is 2.77 bits per heavy atom. The van der Waals surface area contributed by atoms with Gasteiger partial charge in [-0.2, -0.15) is 0 Å². The summed E-state index contributed by atoms with van der Waals surface area (Å²) >= 11 is 0. The van der Waals surface area contributed by atoms with Gasteiger partial charge in [-0.05, 0) is 67.3 Å². The number of carbonyl (C=O) groups is 1. The molecule has 1 amide bonds. The molecule has 2 bridgehead atoms. The third-order valence-corrected chi connectivity index (χ3v) is 6.39. The molecule has 2 fully saturated rings. The molecule has 0 saturated heterocycles. The van der Waals surface area contributed by atoms with Gasteiger partial charge in [0, 0.05) is 38.2 Å². The van der Waals surface area contributed by atoms with Gasteiger partial charge in [-0.1, -0.05) is 18.6 Å². The summed E-state index contributed by atoms with van der Waals surface area (Å²) in [6.07, 6.45) is 8.70. The minimum absolute atomic E-state index is 0. The van der Waals surface area contributed by atoms with Gasteiger partial charge in [-0.15, -0.1) is 24.0 Å². The minimum Gasteiger partial charge on any atom is -0.469 e. The normalized spacial score (nSPS) is 22.1. The zero-order valence-corrected chi connectivity index (χ0v) is 20.4. The Morgan fingerprint density at radius 2 is 2.06 bits per heavy atom. The second-order valence-corrected chi connectivity index (χ2v) is 8.44. The van der Waals surface area contributed by atoms with Crippen LogP contribution in [0.4, 0.5) is 0 Å². The van der Waals surface area contributed by atoms with Crippen LogP contribution in [0.25, 0.3) is 0 Å². The van der Waals surface area contributed by atoms with E-state index in [4.69, 9.17) is 9.41 Å². The number of hydrogen-bond acceptors (Lipinski definition) is 3. The maximum atomic E-state index is 11.9. The fraction of sp³-hybridized carbons (Fsp3) is 0.500. The number of hydrogen-bond donors (Lipinski definition) is 3. The standard InChI is InChI=1S/C24H32N4O2.HI/c1-25-23(29)20-5-2-4-17(14-20)9-11-26-24(27-12-10-21-6-3-13-30-21)28-22-16-18-7-8-19(22)15-18;/h2-6,13-14,18-19,22H,7-12,15-16H2,1H3,(H,25,29)(H2,26,27,28);1H. The molecule has 7 heteroatoms. The maximum Gasteiger partial charge on any atom is 0.251 e. The van der Waals surface area contributed by atoms with Crippen LogP contribution in [0.5, 0.6) is 0 Å². The van der Waals surface area contributed by atoms with Crippen LogP contribution in [0, 0.1) is 11.8 Å². The molecule has 6 nitrogen and oxygen atoms in total. The number of nitrogens with zero attached hydrogens (tertiary/aromatic N) is 1. The molecule has 1 aromatic heterocycles. The van der Waals surface area contributed by atoms with E-state index < -0.39 is 0 Å². The molecule has 3 atom stereocenters. The van der Waals surface area contributed by atoms with Crippen molar-refractivity contribution in [2.45, 2.75) is 44.6 Å². The van der Waals surface area contributed by atoms with Gasteiger partial charge in [-0.3, -0.25) is 9.79 Å². The molecule has 3 N–H and O–H groups in total. The molecule has 1 heterocycles. The van der Waals surface area contributed by atoms with Crippen molar-refractivity contribution in [1.29, 1.82) is 0 Å². The number of halogens is 1. The molecule has 2 aliphatic rings. The summed E-state index contributed by atoms with van der Waals surface area (Å²) in [5, 5.41) is 9.88. The number of aliphatic imine (C=N–C) groups is 1. The lowest BCUT2D eigenvalue weighted by Gasteiger charge is -2.25. The first-order chi connectivity index (χ1) is 14.7. The van der Waals surface area contributed by atoms with E-state index in [0.29, 0.717) is 18.2 Å². The monoisotopic (exact) mass is 536 g/mol. The minimum atomic E-state index is -0.0528. The van der Waals surface area contributed by atoms with Crippen LogP contribution >= 0.6 is 24.0 Å².